The van der Waals surface area contributed by atoms with Crippen LogP contribution in [0.1, 0.15) is 19.3 Å². The molecule has 102 valence electrons. The van der Waals surface area contributed by atoms with E-state index >= 15 is 0 Å². The first-order chi connectivity index (χ1) is 9.24. The maximum atomic E-state index is 6.04. The van der Waals surface area contributed by atoms with Gasteiger partial charge in [0, 0.05) is 17.6 Å². The van der Waals surface area contributed by atoms with Crippen molar-refractivity contribution in [1.29, 1.82) is 0 Å². The fraction of sp³-hybridized carbons (Fsp3) is 0.500. The Morgan fingerprint density at radius 2 is 1.95 bits per heavy atom. The molecule has 1 saturated heterocycles. The van der Waals surface area contributed by atoms with E-state index in [1.54, 1.807) is 0 Å². The first kappa shape index (κ1) is 12.9. The van der Waals surface area contributed by atoms with E-state index in [0.717, 1.165) is 28.6 Å². The second-order valence-corrected chi connectivity index (χ2v) is 6.07. The van der Waals surface area contributed by atoms with Crippen LogP contribution >= 0.6 is 15.9 Å². The van der Waals surface area contributed by atoms with E-state index in [0.29, 0.717) is 5.95 Å². The Balaban J connectivity index is 1.79. The summed E-state index contributed by atoms with van der Waals surface area (Å²) in [5, 5.41) is 0. The van der Waals surface area contributed by atoms with E-state index in [9.17, 15) is 0 Å². The number of nitrogen functional groups attached to an aromatic ring is 1. The Hall–Kier alpha value is -1.07. The van der Waals surface area contributed by atoms with Gasteiger partial charge in [-0.3, -0.25) is 0 Å². The normalized spacial score (nSPS) is 17.1. The summed E-state index contributed by atoms with van der Waals surface area (Å²) in [5.74, 6) is 0.616. The van der Waals surface area contributed by atoms with Crippen LogP contribution in [0.3, 0.4) is 0 Å². The zero-order valence-electron chi connectivity index (χ0n) is 11.0. The fourth-order valence-electron chi connectivity index (χ4n) is 2.77. The molecule has 0 amide bonds. The molecule has 0 atom stereocenters. The van der Waals surface area contributed by atoms with Gasteiger partial charge >= 0.3 is 0 Å². The summed E-state index contributed by atoms with van der Waals surface area (Å²) in [7, 11) is 0. The third kappa shape index (κ3) is 2.77. The number of likely N-dealkylation sites (tertiary alicyclic amines) is 1. The molecule has 0 aliphatic carbocycles. The van der Waals surface area contributed by atoms with Crippen LogP contribution in [-0.2, 0) is 6.54 Å². The van der Waals surface area contributed by atoms with Gasteiger partial charge in [-0.25, -0.2) is 4.98 Å². The number of benzene rings is 1. The second-order valence-electron chi connectivity index (χ2n) is 5.16. The highest BCUT2D eigenvalue weighted by Crippen LogP contribution is 2.22. The highest BCUT2D eigenvalue weighted by Gasteiger charge is 2.12. The van der Waals surface area contributed by atoms with E-state index in [2.05, 4.69) is 36.4 Å². The van der Waals surface area contributed by atoms with E-state index in [4.69, 9.17) is 5.73 Å². The van der Waals surface area contributed by atoms with Crippen molar-refractivity contribution in [2.45, 2.75) is 25.8 Å². The monoisotopic (exact) mass is 322 g/mol. The smallest absolute Gasteiger partial charge is 0.201 e. The van der Waals surface area contributed by atoms with Gasteiger partial charge in [0.25, 0.3) is 0 Å². The van der Waals surface area contributed by atoms with Crippen LogP contribution in [0, 0.1) is 0 Å². The van der Waals surface area contributed by atoms with Crippen molar-refractivity contribution in [2.24, 2.45) is 0 Å². The zero-order valence-corrected chi connectivity index (χ0v) is 12.6. The van der Waals surface area contributed by atoms with Gasteiger partial charge < -0.3 is 15.2 Å². The lowest BCUT2D eigenvalue weighted by Gasteiger charge is -2.26. The van der Waals surface area contributed by atoms with Crippen molar-refractivity contribution in [3.05, 3.63) is 22.7 Å². The summed E-state index contributed by atoms with van der Waals surface area (Å²) >= 11 is 3.51. The van der Waals surface area contributed by atoms with Crippen molar-refractivity contribution in [2.75, 3.05) is 25.4 Å². The highest BCUT2D eigenvalue weighted by molar-refractivity contribution is 9.10. The zero-order chi connectivity index (χ0) is 13.2. The molecule has 2 aromatic rings. The number of nitrogens with zero attached hydrogens (tertiary/aromatic N) is 3. The molecule has 4 nitrogen and oxygen atoms in total. The predicted octanol–water partition coefficient (Wildman–Crippen LogP) is 2.87. The lowest BCUT2D eigenvalue weighted by Crippen LogP contribution is -2.32. The number of aromatic nitrogens is 2. The summed E-state index contributed by atoms with van der Waals surface area (Å²) < 4.78 is 3.19. The van der Waals surface area contributed by atoms with E-state index in [1.807, 2.05) is 12.1 Å². The van der Waals surface area contributed by atoms with Crippen LogP contribution < -0.4 is 5.73 Å². The number of anilines is 1. The number of hydrogen-bond acceptors (Lipinski definition) is 3. The van der Waals surface area contributed by atoms with Crippen molar-refractivity contribution < 1.29 is 0 Å². The Bertz CT molecular complexity index is 572. The first-order valence-electron chi connectivity index (χ1n) is 6.88. The molecule has 2 heterocycles. The van der Waals surface area contributed by atoms with Crippen LogP contribution in [0.15, 0.2) is 22.7 Å². The number of imidazole rings is 1. The third-order valence-electron chi connectivity index (χ3n) is 3.83. The van der Waals surface area contributed by atoms with Crippen LogP contribution in [-0.4, -0.2) is 34.1 Å². The third-order valence-corrected chi connectivity index (χ3v) is 4.32. The number of halogens is 1. The predicted molar refractivity (Wildman–Crippen MR) is 82.1 cm³/mol. The van der Waals surface area contributed by atoms with Gasteiger partial charge in [-0.1, -0.05) is 22.4 Å². The van der Waals surface area contributed by atoms with Gasteiger partial charge in [-0.15, -0.1) is 0 Å². The molecule has 1 aromatic heterocycles. The number of fused-ring (bicyclic) bond motifs is 1. The van der Waals surface area contributed by atoms with Crippen LogP contribution in [0.5, 0.6) is 0 Å². The molecule has 1 aliphatic rings. The second kappa shape index (κ2) is 5.51. The molecular formula is C14H19BrN4. The lowest BCUT2D eigenvalue weighted by atomic mass is 10.1. The molecule has 0 unspecified atom stereocenters. The summed E-state index contributed by atoms with van der Waals surface area (Å²) in [6.07, 6.45) is 4.02. The van der Waals surface area contributed by atoms with Crippen LogP contribution in [0.2, 0.25) is 0 Å². The average Bonchev–Trinajstić information content (AvgIpc) is 2.73. The molecular weight excluding hydrogens is 304 g/mol. The molecule has 1 aliphatic heterocycles. The van der Waals surface area contributed by atoms with Crippen molar-refractivity contribution in [3.8, 4) is 0 Å². The standard InChI is InChI=1S/C14H19BrN4/c15-11-4-5-12-13(10-11)19(14(16)17-12)9-8-18-6-2-1-3-7-18/h4-5,10H,1-3,6-9H2,(H2,16,17). The lowest BCUT2D eigenvalue weighted by molar-refractivity contribution is 0.222. The van der Waals surface area contributed by atoms with Gasteiger partial charge in [-0.2, -0.15) is 0 Å². The minimum Gasteiger partial charge on any atom is -0.369 e. The highest BCUT2D eigenvalue weighted by atomic mass is 79.9. The number of hydrogen-bond donors (Lipinski definition) is 1. The first-order valence-corrected chi connectivity index (χ1v) is 7.67. The fourth-order valence-corrected chi connectivity index (χ4v) is 3.12. The van der Waals surface area contributed by atoms with E-state index in [-0.39, 0.29) is 0 Å². The van der Waals surface area contributed by atoms with Crippen molar-refractivity contribution in [1.82, 2.24) is 14.5 Å². The Morgan fingerprint density at radius 3 is 2.74 bits per heavy atom. The van der Waals surface area contributed by atoms with Crippen LogP contribution in [0.25, 0.3) is 11.0 Å². The molecule has 0 radical (unpaired) electrons. The molecule has 19 heavy (non-hydrogen) atoms. The van der Waals surface area contributed by atoms with E-state index in [1.165, 1.54) is 32.4 Å². The minimum absolute atomic E-state index is 0.616. The van der Waals surface area contributed by atoms with Gasteiger partial charge in [0.1, 0.15) is 0 Å². The Kier molecular flexibility index (Phi) is 3.75. The number of nitrogens with two attached hydrogens (primary N) is 1. The Morgan fingerprint density at radius 1 is 1.16 bits per heavy atom. The van der Waals surface area contributed by atoms with Gasteiger partial charge in [-0.05, 0) is 44.1 Å². The van der Waals surface area contributed by atoms with Crippen LogP contribution in [0.4, 0.5) is 5.95 Å². The largest absolute Gasteiger partial charge is 0.369 e. The minimum atomic E-state index is 0.616. The molecule has 0 saturated carbocycles. The molecule has 1 aromatic carbocycles. The molecule has 1 fully saturated rings. The molecule has 2 N–H and O–H groups in total. The molecule has 5 heteroatoms. The quantitative estimate of drug-likeness (QED) is 0.945. The molecule has 3 rings (SSSR count). The van der Waals surface area contributed by atoms with Gasteiger partial charge in [0.2, 0.25) is 5.95 Å². The van der Waals surface area contributed by atoms with Gasteiger partial charge in [0.15, 0.2) is 0 Å². The van der Waals surface area contributed by atoms with E-state index < -0.39 is 0 Å². The SMILES string of the molecule is Nc1nc2ccc(Br)cc2n1CCN1CCCCC1. The molecule has 0 bridgehead atoms. The van der Waals surface area contributed by atoms with Crippen molar-refractivity contribution in [3.63, 3.8) is 0 Å². The maximum Gasteiger partial charge on any atom is 0.201 e. The summed E-state index contributed by atoms with van der Waals surface area (Å²) in [6.45, 7) is 4.41. The summed E-state index contributed by atoms with van der Waals surface area (Å²) in [5.41, 5.74) is 8.12. The Labute approximate surface area is 121 Å². The average molecular weight is 323 g/mol. The van der Waals surface area contributed by atoms with Gasteiger partial charge in [0.05, 0.1) is 11.0 Å². The van der Waals surface area contributed by atoms with Crippen molar-refractivity contribution >= 4 is 32.9 Å². The number of piperidine rings is 1. The summed E-state index contributed by atoms with van der Waals surface area (Å²) in [4.78, 5) is 6.94. The molecule has 0 spiro atoms. The maximum absolute atomic E-state index is 6.04. The topological polar surface area (TPSA) is 47.1 Å². The summed E-state index contributed by atoms with van der Waals surface area (Å²) in [6, 6.07) is 6.10. The number of rotatable bonds is 3.